The lowest BCUT2D eigenvalue weighted by atomic mass is 10.1. The molecule has 0 spiro atoms. The van der Waals surface area contributed by atoms with Gasteiger partial charge in [0.15, 0.2) is 6.61 Å². The molecule has 1 heterocycles. The molecule has 0 bridgehead atoms. The van der Waals surface area contributed by atoms with Crippen LogP contribution in [0.2, 0.25) is 0 Å². The van der Waals surface area contributed by atoms with Gasteiger partial charge in [-0.2, -0.15) is 21.6 Å². The SMILES string of the molecule is O=C1CC(CS(=O)(=O)F)CN1c1ccc(OCC(F)(F)F)cc1. The van der Waals surface area contributed by atoms with E-state index in [-0.39, 0.29) is 24.6 Å². The van der Waals surface area contributed by atoms with Crippen molar-refractivity contribution < 1.29 is 35.0 Å². The van der Waals surface area contributed by atoms with Crippen molar-refractivity contribution in [3.8, 4) is 5.75 Å². The van der Waals surface area contributed by atoms with Crippen LogP contribution < -0.4 is 9.64 Å². The number of alkyl halides is 3. The van der Waals surface area contributed by atoms with Crippen LogP contribution in [0.4, 0.5) is 22.7 Å². The summed E-state index contributed by atoms with van der Waals surface area (Å²) in [5.41, 5.74) is 0.383. The Morgan fingerprint density at radius 2 is 1.83 bits per heavy atom. The number of carbonyl (C=O) groups excluding carboxylic acids is 1. The predicted molar refractivity (Wildman–Crippen MR) is 73.3 cm³/mol. The minimum Gasteiger partial charge on any atom is -0.484 e. The largest absolute Gasteiger partial charge is 0.484 e. The van der Waals surface area contributed by atoms with Gasteiger partial charge in [-0.1, -0.05) is 0 Å². The normalized spacial score (nSPS) is 19.2. The molecule has 128 valence electrons. The first-order chi connectivity index (χ1) is 10.5. The summed E-state index contributed by atoms with van der Waals surface area (Å²) in [5, 5.41) is 0. The molecular weight excluding hydrogens is 342 g/mol. The summed E-state index contributed by atoms with van der Waals surface area (Å²) in [6.45, 7) is -1.39. The summed E-state index contributed by atoms with van der Waals surface area (Å²) < 4.78 is 74.6. The van der Waals surface area contributed by atoms with E-state index in [2.05, 4.69) is 4.74 Å². The predicted octanol–water partition coefficient (Wildman–Crippen LogP) is 2.28. The minimum absolute atomic E-state index is 0.0133. The summed E-state index contributed by atoms with van der Waals surface area (Å²) in [7, 11) is -4.67. The van der Waals surface area contributed by atoms with Gasteiger partial charge < -0.3 is 9.64 Å². The van der Waals surface area contributed by atoms with Gasteiger partial charge in [0.1, 0.15) is 5.75 Å². The average Bonchev–Trinajstić information content (AvgIpc) is 2.74. The van der Waals surface area contributed by atoms with E-state index in [1.807, 2.05) is 0 Å². The van der Waals surface area contributed by atoms with Crippen LogP contribution in [0.5, 0.6) is 5.75 Å². The van der Waals surface area contributed by atoms with E-state index in [1.54, 1.807) is 0 Å². The highest BCUT2D eigenvalue weighted by Gasteiger charge is 2.33. The monoisotopic (exact) mass is 355 g/mol. The summed E-state index contributed by atoms with van der Waals surface area (Å²) in [5.74, 6) is -1.77. The standard InChI is InChI=1S/C13H13F4NO4S/c14-13(15,16)8-22-11-3-1-10(2-4-11)18-6-9(5-12(18)19)7-23(17,20)21/h1-4,9H,5-8H2. The average molecular weight is 355 g/mol. The number of halogens is 4. The Labute approximate surface area is 130 Å². The zero-order chi connectivity index (χ0) is 17.3. The Balaban J connectivity index is 2.01. The van der Waals surface area contributed by atoms with Gasteiger partial charge in [-0.05, 0) is 24.3 Å². The molecule has 0 aromatic heterocycles. The van der Waals surface area contributed by atoms with Gasteiger partial charge in [0.25, 0.3) is 0 Å². The van der Waals surface area contributed by atoms with Gasteiger partial charge >= 0.3 is 16.4 Å². The molecule has 1 aromatic rings. The van der Waals surface area contributed by atoms with E-state index in [0.29, 0.717) is 5.69 Å². The topological polar surface area (TPSA) is 63.7 Å². The fourth-order valence-electron chi connectivity index (χ4n) is 2.31. The maximum absolute atomic E-state index is 12.7. The third-order valence-electron chi connectivity index (χ3n) is 3.19. The third-order valence-corrected chi connectivity index (χ3v) is 4.06. The van der Waals surface area contributed by atoms with Crippen LogP contribution in [0.3, 0.4) is 0 Å². The molecule has 0 saturated carbocycles. The van der Waals surface area contributed by atoms with E-state index in [1.165, 1.54) is 29.2 Å². The fourth-order valence-corrected chi connectivity index (χ4v) is 3.10. The molecule has 1 amide bonds. The Kier molecular flexibility index (Phi) is 4.83. The molecule has 5 nitrogen and oxygen atoms in total. The number of nitrogens with zero attached hydrogens (tertiary/aromatic N) is 1. The lowest BCUT2D eigenvalue weighted by Crippen LogP contribution is -2.25. The summed E-state index contributed by atoms with van der Waals surface area (Å²) >= 11 is 0. The molecule has 1 fully saturated rings. The van der Waals surface area contributed by atoms with E-state index >= 15 is 0 Å². The second-order valence-electron chi connectivity index (χ2n) is 5.18. The van der Waals surface area contributed by atoms with Crippen LogP contribution in [0, 0.1) is 5.92 Å². The van der Waals surface area contributed by atoms with Crippen LogP contribution in [0.1, 0.15) is 6.42 Å². The minimum atomic E-state index is -4.67. The maximum Gasteiger partial charge on any atom is 0.422 e. The summed E-state index contributed by atoms with van der Waals surface area (Å²) in [6.07, 6.45) is -4.55. The summed E-state index contributed by atoms with van der Waals surface area (Å²) in [4.78, 5) is 13.1. The Morgan fingerprint density at radius 3 is 2.35 bits per heavy atom. The first-order valence-electron chi connectivity index (χ1n) is 6.56. The molecule has 0 aliphatic carbocycles. The Morgan fingerprint density at radius 1 is 1.22 bits per heavy atom. The maximum atomic E-state index is 12.7. The molecule has 0 N–H and O–H groups in total. The van der Waals surface area contributed by atoms with Gasteiger partial charge in [-0.3, -0.25) is 4.79 Å². The number of ether oxygens (including phenoxy) is 1. The van der Waals surface area contributed by atoms with Crippen LogP contribution in [0.15, 0.2) is 24.3 Å². The van der Waals surface area contributed by atoms with Crippen LogP contribution >= 0.6 is 0 Å². The van der Waals surface area contributed by atoms with Crippen molar-refractivity contribution >= 4 is 21.8 Å². The highest BCUT2D eigenvalue weighted by atomic mass is 32.3. The quantitative estimate of drug-likeness (QED) is 0.601. The van der Waals surface area contributed by atoms with Crippen LogP contribution in [-0.4, -0.2) is 39.4 Å². The van der Waals surface area contributed by atoms with Crippen LogP contribution in [-0.2, 0) is 15.0 Å². The third kappa shape index (κ3) is 5.38. The number of rotatable bonds is 5. The van der Waals surface area contributed by atoms with Gasteiger partial charge in [0, 0.05) is 24.6 Å². The summed E-state index contributed by atoms with van der Waals surface area (Å²) in [6, 6.07) is 5.31. The van der Waals surface area contributed by atoms with E-state index in [0.717, 1.165) is 0 Å². The second kappa shape index (κ2) is 6.34. The molecule has 23 heavy (non-hydrogen) atoms. The van der Waals surface area contributed by atoms with Crippen LogP contribution in [0.25, 0.3) is 0 Å². The molecule has 1 atom stereocenters. The first-order valence-corrected chi connectivity index (χ1v) is 8.11. The van der Waals surface area contributed by atoms with E-state index in [4.69, 9.17) is 0 Å². The fraction of sp³-hybridized carbons (Fsp3) is 0.462. The Hall–Kier alpha value is -1.84. The molecule has 0 radical (unpaired) electrons. The molecular formula is C13H13F4NO4S. The van der Waals surface area contributed by atoms with Crippen molar-refractivity contribution in [3.05, 3.63) is 24.3 Å². The molecule has 1 saturated heterocycles. The van der Waals surface area contributed by atoms with Crippen molar-refractivity contribution in [1.29, 1.82) is 0 Å². The highest BCUT2D eigenvalue weighted by molar-refractivity contribution is 7.86. The molecule has 10 heteroatoms. The van der Waals surface area contributed by atoms with Gasteiger partial charge in [-0.25, -0.2) is 0 Å². The lowest BCUT2D eigenvalue weighted by molar-refractivity contribution is -0.153. The van der Waals surface area contributed by atoms with E-state index < -0.39 is 34.7 Å². The number of benzene rings is 1. The molecule has 1 aliphatic heterocycles. The van der Waals surface area contributed by atoms with Crippen molar-refractivity contribution in [2.45, 2.75) is 12.6 Å². The lowest BCUT2D eigenvalue weighted by Gasteiger charge is -2.17. The van der Waals surface area contributed by atoms with Crippen molar-refractivity contribution in [1.82, 2.24) is 0 Å². The second-order valence-corrected chi connectivity index (χ2v) is 6.59. The Bertz CT molecular complexity index is 672. The molecule has 2 rings (SSSR count). The zero-order valence-electron chi connectivity index (χ0n) is 11.7. The number of carbonyl (C=O) groups is 1. The smallest absolute Gasteiger partial charge is 0.422 e. The zero-order valence-corrected chi connectivity index (χ0v) is 12.5. The number of hydrogen-bond acceptors (Lipinski definition) is 4. The number of anilines is 1. The van der Waals surface area contributed by atoms with Gasteiger partial charge in [0.05, 0.1) is 5.75 Å². The molecule has 1 aliphatic rings. The van der Waals surface area contributed by atoms with Gasteiger partial charge in [-0.15, -0.1) is 3.89 Å². The van der Waals surface area contributed by atoms with Crippen molar-refractivity contribution in [3.63, 3.8) is 0 Å². The molecule has 1 aromatic carbocycles. The van der Waals surface area contributed by atoms with Gasteiger partial charge in [0.2, 0.25) is 5.91 Å². The first kappa shape index (κ1) is 17.5. The highest BCUT2D eigenvalue weighted by Crippen LogP contribution is 2.28. The van der Waals surface area contributed by atoms with Crippen molar-refractivity contribution in [2.24, 2.45) is 5.92 Å². The van der Waals surface area contributed by atoms with E-state index in [9.17, 15) is 30.3 Å². The van der Waals surface area contributed by atoms with Crippen molar-refractivity contribution in [2.75, 3.05) is 23.8 Å². The number of amides is 1. The molecule has 1 unspecified atom stereocenters. The number of hydrogen-bond donors (Lipinski definition) is 0.